The zero-order valence-corrected chi connectivity index (χ0v) is 19.5. The zero-order valence-electron chi connectivity index (χ0n) is 18.8. The van der Waals surface area contributed by atoms with E-state index >= 15 is 0 Å². The van der Waals surface area contributed by atoms with E-state index in [0.717, 1.165) is 21.8 Å². The lowest BCUT2D eigenvalue weighted by Crippen LogP contribution is -2.60. The highest BCUT2D eigenvalue weighted by Crippen LogP contribution is 2.33. The number of fused-ring (bicyclic) bond motifs is 3. The fraction of sp³-hybridized carbons (Fsp3) is 0.435. The Morgan fingerprint density at radius 3 is 2.78 bits per heavy atom. The first-order valence-electron chi connectivity index (χ1n) is 10.4. The van der Waals surface area contributed by atoms with Crippen LogP contribution in [0.3, 0.4) is 0 Å². The third-order valence-corrected chi connectivity index (χ3v) is 5.44. The highest BCUT2D eigenvalue weighted by Gasteiger charge is 2.42. The van der Waals surface area contributed by atoms with Gasteiger partial charge in [0.25, 0.3) is 0 Å². The minimum absolute atomic E-state index is 0.0540. The van der Waals surface area contributed by atoms with Gasteiger partial charge in [0, 0.05) is 22.0 Å². The number of carbonyl (C=O) groups excluding carboxylic acids is 2. The van der Waals surface area contributed by atoms with E-state index in [2.05, 4.69) is 15.3 Å². The van der Waals surface area contributed by atoms with E-state index in [4.69, 9.17) is 21.1 Å². The predicted octanol–water partition coefficient (Wildman–Crippen LogP) is 4.72. The van der Waals surface area contributed by atoms with Crippen molar-refractivity contribution in [3.63, 3.8) is 0 Å². The van der Waals surface area contributed by atoms with Crippen LogP contribution in [0.5, 0.6) is 0 Å². The summed E-state index contributed by atoms with van der Waals surface area (Å²) in [4.78, 5) is 35.1. The maximum absolute atomic E-state index is 13.3. The Morgan fingerprint density at radius 2 is 2.06 bits per heavy atom. The first-order chi connectivity index (χ1) is 14.9. The molecule has 1 saturated heterocycles. The zero-order chi connectivity index (χ0) is 23.3. The van der Waals surface area contributed by atoms with Gasteiger partial charge in [-0.1, -0.05) is 11.6 Å². The Kier molecular flexibility index (Phi) is 5.55. The molecule has 1 atom stereocenters. The van der Waals surface area contributed by atoms with Gasteiger partial charge in [0.2, 0.25) is 5.91 Å². The molecule has 4 rings (SSSR count). The Balaban J connectivity index is 1.66. The van der Waals surface area contributed by atoms with E-state index in [1.165, 1.54) is 4.90 Å². The molecule has 0 saturated carbocycles. The first kappa shape index (κ1) is 22.4. The molecule has 0 aliphatic carbocycles. The van der Waals surface area contributed by atoms with Crippen molar-refractivity contribution < 1.29 is 19.1 Å². The molecule has 0 radical (unpaired) electrons. The second kappa shape index (κ2) is 7.94. The van der Waals surface area contributed by atoms with Crippen LogP contribution < -0.4 is 5.32 Å². The highest BCUT2D eigenvalue weighted by atomic mass is 35.5. The molecule has 8 nitrogen and oxygen atoms in total. The summed E-state index contributed by atoms with van der Waals surface area (Å²) in [5.74, 6) is -0.383. The monoisotopic (exact) mass is 458 g/mol. The van der Waals surface area contributed by atoms with Gasteiger partial charge in [-0.25, -0.2) is 4.79 Å². The molecule has 0 spiro atoms. The number of aromatic amines is 1. The van der Waals surface area contributed by atoms with E-state index in [-0.39, 0.29) is 19.1 Å². The number of ether oxygens (including phenoxy) is 2. The van der Waals surface area contributed by atoms with Crippen LogP contribution in [0.1, 0.15) is 34.6 Å². The number of H-pyrrole nitrogens is 1. The Labute approximate surface area is 191 Å². The molecule has 2 amide bonds. The Bertz CT molecular complexity index is 1200. The molecule has 2 aromatic heterocycles. The summed E-state index contributed by atoms with van der Waals surface area (Å²) in [5, 5.41) is 5.23. The SMILES string of the molecule is CC(C)(C)OC(=O)N1CC(C)(C)OC[C@H]1C(=O)Nc1cc(Cl)cc2c1[nH]c1cnccc12. The van der Waals surface area contributed by atoms with Crippen LogP contribution in [0.4, 0.5) is 10.5 Å². The molecule has 32 heavy (non-hydrogen) atoms. The van der Waals surface area contributed by atoms with Gasteiger partial charge in [-0.15, -0.1) is 0 Å². The van der Waals surface area contributed by atoms with Crippen molar-refractivity contribution in [2.45, 2.75) is 51.9 Å². The van der Waals surface area contributed by atoms with Crippen molar-refractivity contribution >= 4 is 51.1 Å². The van der Waals surface area contributed by atoms with Gasteiger partial charge >= 0.3 is 6.09 Å². The van der Waals surface area contributed by atoms with Crippen LogP contribution >= 0.6 is 11.6 Å². The number of nitrogens with zero attached hydrogens (tertiary/aromatic N) is 2. The quantitative estimate of drug-likeness (QED) is 0.579. The third kappa shape index (κ3) is 4.52. The molecule has 1 fully saturated rings. The lowest BCUT2D eigenvalue weighted by atomic mass is 10.0. The average molecular weight is 459 g/mol. The fourth-order valence-electron chi connectivity index (χ4n) is 3.82. The van der Waals surface area contributed by atoms with E-state index in [0.29, 0.717) is 10.7 Å². The van der Waals surface area contributed by atoms with Crippen molar-refractivity contribution in [2.24, 2.45) is 0 Å². The number of hydrogen-bond acceptors (Lipinski definition) is 5. The summed E-state index contributed by atoms with van der Waals surface area (Å²) >= 11 is 6.35. The number of carbonyl (C=O) groups is 2. The van der Waals surface area contributed by atoms with Gasteiger partial charge in [-0.05, 0) is 52.8 Å². The lowest BCUT2D eigenvalue weighted by Gasteiger charge is -2.42. The van der Waals surface area contributed by atoms with Crippen LogP contribution in [0.15, 0.2) is 30.6 Å². The second-order valence-electron chi connectivity index (χ2n) is 9.61. The number of halogens is 1. The summed E-state index contributed by atoms with van der Waals surface area (Å²) in [5.41, 5.74) is 0.798. The third-order valence-electron chi connectivity index (χ3n) is 5.22. The van der Waals surface area contributed by atoms with E-state index in [1.54, 1.807) is 39.2 Å². The molecule has 3 heterocycles. The standard InChI is InChI=1S/C23H27ClN4O4/c1-22(2,3)32-21(30)28-12-23(4,5)31-11-18(28)20(29)27-16-9-13(24)8-15-14-6-7-25-10-17(14)26-19(15)16/h6-10,18,26H,11-12H2,1-5H3,(H,27,29)/t18-/m0/s1. The van der Waals surface area contributed by atoms with Gasteiger partial charge in [-0.2, -0.15) is 0 Å². The molecule has 0 unspecified atom stereocenters. The van der Waals surface area contributed by atoms with E-state index in [9.17, 15) is 9.59 Å². The second-order valence-corrected chi connectivity index (χ2v) is 10.0. The van der Waals surface area contributed by atoms with Crippen molar-refractivity contribution in [1.29, 1.82) is 0 Å². The number of anilines is 1. The van der Waals surface area contributed by atoms with E-state index < -0.39 is 23.3 Å². The molecule has 3 aromatic rings. The first-order valence-corrected chi connectivity index (χ1v) is 10.8. The van der Waals surface area contributed by atoms with Crippen LogP contribution in [0, 0.1) is 0 Å². The summed E-state index contributed by atoms with van der Waals surface area (Å²) < 4.78 is 11.4. The number of hydrogen-bond donors (Lipinski definition) is 2. The van der Waals surface area contributed by atoms with Gasteiger partial charge in [0.05, 0.1) is 41.7 Å². The summed E-state index contributed by atoms with van der Waals surface area (Å²) in [6.07, 6.45) is 2.87. The summed E-state index contributed by atoms with van der Waals surface area (Å²) in [7, 11) is 0. The van der Waals surface area contributed by atoms with Crippen molar-refractivity contribution in [3.05, 3.63) is 35.6 Å². The number of amides is 2. The van der Waals surface area contributed by atoms with Gasteiger partial charge in [0.1, 0.15) is 11.6 Å². The molecule has 1 aliphatic rings. The van der Waals surface area contributed by atoms with Crippen LogP contribution in [-0.2, 0) is 14.3 Å². The Hall–Kier alpha value is -2.84. The number of morpholine rings is 1. The van der Waals surface area contributed by atoms with Crippen molar-refractivity contribution in [3.8, 4) is 0 Å². The normalized spacial score (nSPS) is 18.7. The minimum Gasteiger partial charge on any atom is -0.444 e. The van der Waals surface area contributed by atoms with Crippen LogP contribution in [0.2, 0.25) is 5.02 Å². The average Bonchev–Trinajstić information content (AvgIpc) is 3.05. The molecule has 170 valence electrons. The summed E-state index contributed by atoms with van der Waals surface area (Å²) in [6, 6.07) is 4.55. The molecule has 2 N–H and O–H groups in total. The molecule has 0 bridgehead atoms. The molecule has 1 aromatic carbocycles. The number of rotatable bonds is 2. The van der Waals surface area contributed by atoms with Crippen LogP contribution in [-0.4, -0.2) is 57.3 Å². The Morgan fingerprint density at radius 1 is 1.31 bits per heavy atom. The number of pyridine rings is 1. The maximum atomic E-state index is 13.3. The predicted molar refractivity (Wildman–Crippen MR) is 124 cm³/mol. The number of nitrogens with one attached hydrogen (secondary N) is 2. The molecule has 9 heteroatoms. The maximum Gasteiger partial charge on any atom is 0.411 e. The minimum atomic E-state index is -0.849. The van der Waals surface area contributed by atoms with Gasteiger partial charge < -0.3 is 19.8 Å². The van der Waals surface area contributed by atoms with Crippen molar-refractivity contribution in [1.82, 2.24) is 14.9 Å². The van der Waals surface area contributed by atoms with Gasteiger partial charge in [-0.3, -0.25) is 14.7 Å². The summed E-state index contributed by atoms with van der Waals surface area (Å²) in [6.45, 7) is 9.40. The number of benzene rings is 1. The lowest BCUT2D eigenvalue weighted by molar-refractivity contribution is -0.141. The molecular weight excluding hydrogens is 432 g/mol. The largest absolute Gasteiger partial charge is 0.444 e. The molecule has 1 aliphatic heterocycles. The molecular formula is C23H27ClN4O4. The fourth-order valence-corrected chi connectivity index (χ4v) is 4.04. The topological polar surface area (TPSA) is 96.5 Å². The van der Waals surface area contributed by atoms with E-state index in [1.807, 2.05) is 26.0 Å². The smallest absolute Gasteiger partial charge is 0.411 e. The van der Waals surface area contributed by atoms with Crippen LogP contribution in [0.25, 0.3) is 21.8 Å². The highest BCUT2D eigenvalue weighted by molar-refractivity contribution is 6.33. The number of aromatic nitrogens is 2. The van der Waals surface area contributed by atoms with Crippen molar-refractivity contribution in [2.75, 3.05) is 18.5 Å². The van der Waals surface area contributed by atoms with Gasteiger partial charge in [0.15, 0.2) is 0 Å².